The molecule has 0 atom stereocenters. The topological polar surface area (TPSA) is 100 Å². The normalized spacial score (nSPS) is 11.4. The smallest absolute Gasteiger partial charge is 0.152 e. The van der Waals surface area contributed by atoms with Crippen LogP contribution >= 0.6 is 0 Å². The molecule has 0 spiro atoms. The summed E-state index contributed by atoms with van der Waals surface area (Å²) >= 11 is 0. The Morgan fingerprint density at radius 3 is 2.55 bits per heavy atom. The van der Waals surface area contributed by atoms with Gasteiger partial charge < -0.3 is 11.5 Å². The van der Waals surface area contributed by atoms with Crippen LogP contribution < -0.4 is 11.5 Å². The van der Waals surface area contributed by atoms with Crippen molar-refractivity contribution in [1.29, 1.82) is 0 Å². The second-order valence-electron chi connectivity index (χ2n) is 8.06. The average Bonchev–Trinajstić information content (AvgIpc) is 3.41. The van der Waals surface area contributed by atoms with Crippen molar-refractivity contribution in [1.82, 2.24) is 24.4 Å². The fourth-order valence-electron chi connectivity index (χ4n) is 4.28. The second-order valence-corrected chi connectivity index (χ2v) is 8.06. The first-order chi connectivity index (χ1) is 16.2. The molecular formula is C26H21N7. The third kappa shape index (κ3) is 3.36. The number of nitrogens with zero attached hydrogens (tertiary/aromatic N) is 5. The van der Waals surface area contributed by atoms with Crippen molar-refractivity contribution in [2.24, 2.45) is 0 Å². The van der Waals surface area contributed by atoms with E-state index >= 15 is 0 Å². The number of hydrogen-bond donors (Lipinski definition) is 2. The molecule has 0 unspecified atom stereocenters. The van der Waals surface area contributed by atoms with E-state index in [-0.39, 0.29) is 0 Å². The van der Waals surface area contributed by atoms with E-state index in [1.54, 1.807) is 0 Å². The van der Waals surface area contributed by atoms with Gasteiger partial charge in [0, 0.05) is 28.4 Å². The van der Waals surface area contributed by atoms with E-state index in [1.165, 1.54) is 11.9 Å². The van der Waals surface area contributed by atoms with Gasteiger partial charge in [-0.25, -0.2) is 9.50 Å². The molecule has 0 aliphatic carbocycles. The van der Waals surface area contributed by atoms with Crippen LogP contribution in [0.5, 0.6) is 0 Å². The number of benzene rings is 3. The van der Waals surface area contributed by atoms with Crippen LogP contribution in [0.3, 0.4) is 0 Å². The van der Waals surface area contributed by atoms with E-state index in [9.17, 15) is 0 Å². The lowest BCUT2D eigenvalue weighted by Crippen LogP contribution is -2.00. The molecule has 0 amide bonds. The van der Waals surface area contributed by atoms with E-state index in [2.05, 4.69) is 52.7 Å². The maximum Gasteiger partial charge on any atom is 0.152 e. The van der Waals surface area contributed by atoms with Gasteiger partial charge in [-0.1, -0.05) is 54.6 Å². The first-order valence-electron chi connectivity index (χ1n) is 10.7. The standard InChI is InChI=1S/C26H21N7/c27-21-8-4-7-19(11-21)24-13-22(25-26(28)29-16-30-33(24)25)18-9-10-20-15-32(31-23(20)12-18)14-17-5-2-1-3-6-17/h1-13,15-16H,14,27H2,(H2,28,29,30). The number of fused-ring (bicyclic) bond motifs is 2. The zero-order chi connectivity index (χ0) is 22.4. The molecule has 6 rings (SSSR count). The van der Waals surface area contributed by atoms with Crippen molar-refractivity contribution in [3.05, 3.63) is 97.0 Å². The Labute approximate surface area is 189 Å². The summed E-state index contributed by atoms with van der Waals surface area (Å²) < 4.78 is 3.79. The van der Waals surface area contributed by atoms with Crippen molar-refractivity contribution in [2.45, 2.75) is 6.54 Å². The third-order valence-corrected chi connectivity index (χ3v) is 5.82. The fraction of sp³-hybridized carbons (Fsp3) is 0.0385. The van der Waals surface area contributed by atoms with Crippen molar-refractivity contribution < 1.29 is 0 Å². The van der Waals surface area contributed by atoms with Crippen LogP contribution in [0.25, 0.3) is 38.8 Å². The molecule has 0 fully saturated rings. The van der Waals surface area contributed by atoms with Gasteiger partial charge in [0.1, 0.15) is 11.8 Å². The quantitative estimate of drug-likeness (QED) is 0.397. The van der Waals surface area contributed by atoms with E-state index in [1.807, 2.05) is 51.7 Å². The predicted molar refractivity (Wildman–Crippen MR) is 132 cm³/mol. The first-order valence-corrected chi connectivity index (χ1v) is 10.7. The second kappa shape index (κ2) is 7.49. The van der Waals surface area contributed by atoms with Crippen molar-refractivity contribution in [3.8, 4) is 22.4 Å². The largest absolute Gasteiger partial charge is 0.399 e. The van der Waals surface area contributed by atoms with Gasteiger partial charge in [0.25, 0.3) is 0 Å². The third-order valence-electron chi connectivity index (χ3n) is 5.82. The molecule has 7 heteroatoms. The van der Waals surface area contributed by atoms with Crippen LogP contribution in [-0.4, -0.2) is 24.4 Å². The van der Waals surface area contributed by atoms with Crippen LogP contribution in [0.4, 0.5) is 11.5 Å². The molecule has 3 aromatic heterocycles. The fourth-order valence-corrected chi connectivity index (χ4v) is 4.28. The number of hydrogen-bond acceptors (Lipinski definition) is 5. The molecule has 0 radical (unpaired) electrons. The van der Waals surface area contributed by atoms with Crippen LogP contribution in [0.2, 0.25) is 0 Å². The summed E-state index contributed by atoms with van der Waals surface area (Å²) in [5.41, 5.74) is 19.7. The number of anilines is 2. The van der Waals surface area contributed by atoms with Crippen molar-refractivity contribution in [2.75, 3.05) is 11.5 Å². The minimum absolute atomic E-state index is 0.421. The molecule has 0 saturated heterocycles. The highest BCUT2D eigenvalue weighted by atomic mass is 15.3. The molecule has 4 N–H and O–H groups in total. The van der Waals surface area contributed by atoms with E-state index < -0.39 is 0 Å². The first kappa shape index (κ1) is 19.1. The van der Waals surface area contributed by atoms with Crippen molar-refractivity contribution >= 4 is 27.9 Å². The minimum Gasteiger partial charge on any atom is -0.399 e. The number of nitrogen functional groups attached to an aromatic ring is 2. The Balaban J connectivity index is 1.48. The molecule has 0 aliphatic rings. The molecule has 6 aromatic rings. The lowest BCUT2D eigenvalue weighted by molar-refractivity contribution is 0.696. The maximum atomic E-state index is 6.30. The molecule has 160 valence electrons. The molecule has 7 nitrogen and oxygen atoms in total. The summed E-state index contributed by atoms with van der Waals surface area (Å²) in [5, 5.41) is 10.4. The average molecular weight is 432 g/mol. The monoisotopic (exact) mass is 431 g/mol. The molecule has 3 aromatic carbocycles. The van der Waals surface area contributed by atoms with Crippen LogP contribution in [0, 0.1) is 0 Å². The molecule has 0 aliphatic heterocycles. The SMILES string of the molecule is Nc1cccc(-c2cc(-c3ccc4cn(Cc5ccccc5)nc4c3)c3c(N)ncnn23)c1. The summed E-state index contributed by atoms with van der Waals surface area (Å²) in [6.45, 7) is 0.723. The highest BCUT2D eigenvalue weighted by Gasteiger charge is 2.17. The van der Waals surface area contributed by atoms with Crippen LogP contribution in [0.1, 0.15) is 5.56 Å². The summed E-state index contributed by atoms with van der Waals surface area (Å²) in [5.74, 6) is 0.421. The van der Waals surface area contributed by atoms with Gasteiger partial charge in [0.2, 0.25) is 0 Å². The van der Waals surface area contributed by atoms with E-state index in [0.717, 1.165) is 45.3 Å². The summed E-state index contributed by atoms with van der Waals surface area (Å²) in [7, 11) is 0. The zero-order valence-electron chi connectivity index (χ0n) is 17.8. The lowest BCUT2D eigenvalue weighted by Gasteiger charge is -2.04. The minimum atomic E-state index is 0.421. The van der Waals surface area contributed by atoms with Gasteiger partial charge >= 0.3 is 0 Å². The zero-order valence-corrected chi connectivity index (χ0v) is 17.8. The number of aromatic nitrogens is 5. The summed E-state index contributed by atoms with van der Waals surface area (Å²) in [6, 6.07) is 26.4. The molecule has 0 saturated carbocycles. The number of nitrogens with two attached hydrogens (primary N) is 2. The maximum absolute atomic E-state index is 6.30. The molecule has 0 bridgehead atoms. The lowest BCUT2D eigenvalue weighted by atomic mass is 10.0. The van der Waals surface area contributed by atoms with E-state index in [0.29, 0.717) is 11.5 Å². The Hall–Kier alpha value is -4.65. The Morgan fingerprint density at radius 1 is 0.818 bits per heavy atom. The predicted octanol–water partition coefficient (Wildman–Crippen LogP) is 4.63. The van der Waals surface area contributed by atoms with Crippen molar-refractivity contribution in [3.63, 3.8) is 0 Å². The van der Waals surface area contributed by atoms with Gasteiger partial charge in [-0.15, -0.1) is 0 Å². The van der Waals surface area contributed by atoms with Gasteiger partial charge in [0.15, 0.2) is 5.82 Å². The van der Waals surface area contributed by atoms with Gasteiger partial charge in [-0.2, -0.15) is 10.2 Å². The molecule has 3 heterocycles. The summed E-state index contributed by atoms with van der Waals surface area (Å²) in [4.78, 5) is 4.23. The highest BCUT2D eigenvalue weighted by Crippen LogP contribution is 2.36. The van der Waals surface area contributed by atoms with Crippen LogP contribution in [0.15, 0.2) is 91.4 Å². The van der Waals surface area contributed by atoms with E-state index in [4.69, 9.17) is 16.6 Å². The highest BCUT2D eigenvalue weighted by molar-refractivity contribution is 5.95. The molecular weight excluding hydrogens is 410 g/mol. The Kier molecular flexibility index (Phi) is 4.33. The van der Waals surface area contributed by atoms with Gasteiger partial charge in [-0.3, -0.25) is 4.68 Å². The van der Waals surface area contributed by atoms with Gasteiger partial charge in [0.05, 0.1) is 17.8 Å². The van der Waals surface area contributed by atoms with Gasteiger partial charge in [-0.05, 0) is 35.4 Å². The summed E-state index contributed by atoms with van der Waals surface area (Å²) in [6.07, 6.45) is 3.54. The van der Waals surface area contributed by atoms with Crippen LogP contribution in [-0.2, 0) is 6.54 Å². The Bertz CT molecular complexity index is 1610. The number of rotatable bonds is 4. The Morgan fingerprint density at radius 2 is 1.70 bits per heavy atom. The molecule has 33 heavy (non-hydrogen) atoms.